The summed E-state index contributed by atoms with van der Waals surface area (Å²) in [4.78, 5) is 32.0. The number of likely N-dealkylation sites (tertiary alicyclic amines) is 1. The van der Waals surface area contributed by atoms with E-state index in [0.717, 1.165) is 31.7 Å². The predicted octanol–water partition coefficient (Wildman–Crippen LogP) is 3.27. The second kappa shape index (κ2) is 6.98. The van der Waals surface area contributed by atoms with Crippen LogP contribution in [0.25, 0.3) is 5.65 Å². The van der Waals surface area contributed by atoms with Crippen molar-refractivity contribution in [1.29, 1.82) is 0 Å². The van der Waals surface area contributed by atoms with E-state index in [1.807, 2.05) is 11.0 Å². The molecule has 1 atom stereocenters. The number of pyridine rings is 1. The molecule has 2 aromatic rings. The van der Waals surface area contributed by atoms with E-state index < -0.39 is 0 Å². The summed E-state index contributed by atoms with van der Waals surface area (Å²) >= 11 is 0. The van der Waals surface area contributed by atoms with E-state index in [2.05, 4.69) is 4.98 Å². The Morgan fingerprint density at radius 3 is 2.80 bits per heavy atom. The van der Waals surface area contributed by atoms with Gasteiger partial charge in [0.2, 0.25) is 0 Å². The summed E-state index contributed by atoms with van der Waals surface area (Å²) < 4.78 is 1.46. The SMILES string of the molecule is O=C(c1cnc2ccccn2c1=O)N1CCC[C@H]1CC1CCCCC1. The fourth-order valence-corrected chi connectivity index (χ4v) is 4.48. The van der Waals surface area contributed by atoms with Gasteiger partial charge in [-0.2, -0.15) is 0 Å². The van der Waals surface area contributed by atoms with E-state index in [4.69, 9.17) is 0 Å². The molecule has 3 heterocycles. The normalized spacial score (nSPS) is 21.8. The van der Waals surface area contributed by atoms with Crippen LogP contribution in [0.2, 0.25) is 0 Å². The van der Waals surface area contributed by atoms with Gasteiger partial charge in [0, 0.05) is 25.0 Å². The van der Waals surface area contributed by atoms with Crippen LogP contribution in [-0.2, 0) is 0 Å². The molecule has 2 fully saturated rings. The molecule has 0 radical (unpaired) electrons. The third-order valence-electron chi connectivity index (χ3n) is 5.81. The molecule has 132 valence electrons. The minimum absolute atomic E-state index is 0.144. The largest absolute Gasteiger partial charge is 0.335 e. The van der Waals surface area contributed by atoms with Gasteiger partial charge in [-0.25, -0.2) is 4.98 Å². The van der Waals surface area contributed by atoms with Crippen molar-refractivity contribution in [3.05, 3.63) is 46.5 Å². The minimum Gasteiger partial charge on any atom is -0.335 e. The topological polar surface area (TPSA) is 54.7 Å². The van der Waals surface area contributed by atoms with Gasteiger partial charge < -0.3 is 4.90 Å². The lowest BCUT2D eigenvalue weighted by Gasteiger charge is -2.30. The lowest BCUT2D eigenvalue weighted by atomic mass is 9.84. The number of nitrogens with zero attached hydrogens (tertiary/aromatic N) is 3. The van der Waals surface area contributed by atoms with Crippen molar-refractivity contribution in [3.63, 3.8) is 0 Å². The number of hydrogen-bond acceptors (Lipinski definition) is 3. The van der Waals surface area contributed by atoms with E-state index >= 15 is 0 Å². The molecule has 5 heteroatoms. The Hall–Kier alpha value is -2.17. The first-order valence-corrected chi connectivity index (χ1v) is 9.51. The molecule has 0 N–H and O–H groups in total. The summed E-state index contributed by atoms with van der Waals surface area (Å²) in [6.07, 6.45) is 12.9. The lowest BCUT2D eigenvalue weighted by molar-refractivity contribution is 0.0709. The number of carbonyl (C=O) groups excluding carboxylic acids is 1. The van der Waals surface area contributed by atoms with Crippen LogP contribution >= 0.6 is 0 Å². The van der Waals surface area contributed by atoms with E-state index in [1.165, 1.54) is 42.7 Å². The highest BCUT2D eigenvalue weighted by atomic mass is 16.2. The van der Waals surface area contributed by atoms with Gasteiger partial charge >= 0.3 is 0 Å². The second-order valence-electron chi connectivity index (χ2n) is 7.44. The molecule has 25 heavy (non-hydrogen) atoms. The molecule has 0 aromatic carbocycles. The van der Waals surface area contributed by atoms with Gasteiger partial charge in [0.15, 0.2) is 0 Å². The molecular weight excluding hydrogens is 314 g/mol. The van der Waals surface area contributed by atoms with Crippen LogP contribution in [-0.4, -0.2) is 32.8 Å². The summed E-state index contributed by atoms with van der Waals surface area (Å²) in [5.74, 6) is 0.594. The molecule has 0 unspecified atom stereocenters. The molecule has 1 aliphatic carbocycles. The first-order chi connectivity index (χ1) is 12.2. The maximum absolute atomic E-state index is 13.0. The highest BCUT2D eigenvalue weighted by Gasteiger charge is 2.32. The number of fused-ring (bicyclic) bond motifs is 1. The quantitative estimate of drug-likeness (QED) is 0.862. The van der Waals surface area contributed by atoms with E-state index in [-0.39, 0.29) is 23.1 Å². The molecule has 1 saturated carbocycles. The Bertz CT molecular complexity index is 823. The average molecular weight is 339 g/mol. The smallest absolute Gasteiger partial charge is 0.270 e. The molecular formula is C20H25N3O2. The van der Waals surface area contributed by atoms with Crippen LogP contribution in [0, 0.1) is 5.92 Å². The molecule has 5 nitrogen and oxygen atoms in total. The van der Waals surface area contributed by atoms with Crippen LogP contribution in [0.15, 0.2) is 35.4 Å². The van der Waals surface area contributed by atoms with Crippen LogP contribution in [0.4, 0.5) is 0 Å². The summed E-state index contributed by atoms with van der Waals surface area (Å²) in [5.41, 5.74) is 0.502. The molecule has 0 spiro atoms. The van der Waals surface area contributed by atoms with Crippen molar-refractivity contribution >= 4 is 11.6 Å². The zero-order chi connectivity index (χ0) is 17.2. The summed E-state index contributed by atoms with van der Waals surface area (Å²) in [5, 5.41) is 0. The first-order valence-electron chi connectivity index (χ1n) is 9.51. The van der Waals surface area contributed by atoms with Crippen LogP contribution < -0.4 is 5.56 Å². The maximum Gasteiger partial charge on any atom is 0.270 e. The van der Waals surface area contributed by atoms with Crippen molar-refractivity contribution in [1.82, 2.24) is 14.3 Å². The molecule has 0 bridgehead atoms. The van der Waals surface area contributed by atoms with Gasteiger partial charge in [-0.3, -0.25) is 14.0 Å². The highest BCUT2D eigenvalue weighted by molar-refractivity contribution is 5.94. The van der Waals surface area contributed by atoms with Crippen molar-refractivity contribution in [2.75, 3.05) is 6.54 Å². The Kier molecular flexibility index (Phi) is 4.55. The molecule has 2 aromatic heterocycles. The Morgan fingerprint density at radius 2 is 1.96 bits per heavy atom. The van der Waals surface area contributed by atoms with Gasteiger partial charge in [-0.1, -0.05) is 38.2 Å². The van der Waals surface area contributed by atoms with Crippen LogP contribution in [0.3, 0.4) is 0 Å². The predicted molar refractivity (Wildman–Crippen MR) is 96.7 cm³/mol. The van der Waals surface area contributed by atoms with E-state index in [9.17, 15) is 9.59 Å². The van der Waals surface area contributed by atoms with Crippen LogP contribution in [0.1, 0.15) is 61.7 Å². The number of aromatic nitrogens is 2. The molecule has 2 aliphatic rings. The summed E-state index contributed by atoms with van der Waals surface area (Å²) in [6.45, 7) is 0.757. The highest BCUT2D eigenvalue weighted by Crippen LogP contribution is 2.32. The molecule has 1 aliphatic heterocycles. The van der Waals surface area contributed by atoms with Gasteiger partial charge in [-0.05, 0) is 37.3 Å². The Labute approximate surface area is 147 Å². The monoisotopic (exact) mass is 339 g/mol. The Morgan fingerprint density at radius 1 is 1.12 bits per heavy atom. The van der Waals surface area contributed by atoms with Crippen molar-refractivity contribution < 1.29 is 4.79 Å². The van der Waals surface area contributed by atoms with Crippen LogP contribution in [0.5, 0.6) is 0 Å². The van der Waals surface area contributed by atoms with E-state index in [0.29, 0.717) is 5.65 Å². The summed E-state index contributed by atoms with van der Waals surface area (Å²) in [7, 11) is 0. The number of hydrogen-bond donors (Lipinski definition) is 0. The fourth-order valence-electron chi connectivity index (χ4n) is 4.48. The second-order valence-corrected chi connectivity index (χ2v) is 7.44. The maximum atomic E-state index is 13.0. The van der Waals surface area contributed by atoms with Crippen molar-refractivity contribution in [2.45, 2.75) is 57.4 Å². The number of carbonyl (C=O) groups is 1. The van der Waals surface area contributed by atoms with Crippen molar-refractivity contribution in [3.8, 4) is 0 Å². The zero-order valence-corrected chi connectivity index (χ0v) is 14.6. The van der Waals surface area contributed by atoms with E-state index in [1.54, 1.807) is 18.3 Å². The average Bonchev–Trinajstić information content (AvgIpc) is 3.11. The van der Waals surface area contributed by atoms with Gasteiger partial charge in [-0.15, -0.1) is 0 Å². The van der Waals surface area contributed by atoms with Gasteiger partial charge in [0.25, 0.3) is 11.5 Å². The standard InChI is InChI=1S/C20H25N3O2/c24-19(17-14-21-18-10-4-5-11-23(18)20(17)25)22-12-6-9-16(22)13-15-7-2-1-3-8-15/h4-5,10-11,14-16H,1-3,6-9,12-13H2/t16-/m0/s1. The number of amides is 1. The number of rotatable bonds is 3. The van der Waals surface area contributed by atoms with Gasteiger partial charge in [0.1, 0.15) is 11.2 Å². The molecule has 1 saturated heterocycles. The van der Waals surface area contributed by atoms with Crippen molar-refractivity contribution in [2.24, 2.45) is 5.92 Å². The lowest BCUT2D eigenvalue weighted by Crippen LogP contribution is -2.40. The summed E-state index contributed by atoms with van der Waals surface area (Å²) in [6, 6.07) is 5.68. The van der Waals surface area contributed by atoms with Gasteiger partial charge in [0.05, 0.1) is 0 Å². The third kappa shape index (κ3) is 3.20. The first kappa shape index (κ1) is 16.3. The minimum atomic E-state index is -0.265. The Balaban J connectivity index is 1.57. The molecule has 1 amide bonds. The molecule has 4 rings (SSSR count). The fraction of sp³-hybridized carbons (Fsp3) is 0.550. The zero-order valence-electron chi connectivity index (χ0n) is 14.6. The third-order valence-corrected chi connectivity index (χ3v) is 5.81.